The van der Waals surface area contributed by atoms with Crippen LogP contribution in [0, 0.1) is 5.82 Å². The Bertz CT molecular complexity index is 1210. The molecule has 0 bridgehead atoms. The molecule has 6 nitrogen and oxygen atoms in total. The lowest BCUT2D eigenvalue weighted by Crippen LogP contribution is -2.21. The molecule has 146 valence electrons. The van der Waals surface area contributed by atoms with Crippen LogP contribution in [-0.4, -0.2) is 30.5 Å². The van der Waals surface area contributed by atoms with Gasteiger partial charge in [0.05, 0.1) is 24.4 Å². The summed E-state index contributed by atoms with van der Waals surface area (Å²) in [5.74, 6) is -1.10. The fourth-order valence-electron chi connectivity index (χ4n) is 4.45. The molecule has 5 rings (SSSR count). The Kier molecular flexibility index (Phi) is 4.16. The molecule has 1 unspecified atom stereocenters. The minimum atomic E-state index is -0.818. The van der Waals surface area contributed by atoms with Crippen LogP contribution in [0.5, 0.6) is 0 Å². The summed E-state index contributed by atoms with van der Waals surface area (Å²) in [4.78, 5) is 11.4. The number of halogens is 1. The van der Waals surface area contributed by atoms with Gasteiger partial charge < -0.3 is 9.51 Å². The first-order valence-corrected chi connectivity index (χ1v) is 9.59. The summed E-state index contributed by atoms with van der Waals surface area (Å²) in [5, 5.41) is 17.8. The predicted octanol–water partition coefficient (Wildman–Crippen LogP) is 3.69. The van der Waals surface area contributed by atoms with E-state index in [1.165, 1.54) is 12.1 Å². The molecule has 0 aliphatic heterocycles. The maximum Gasteiger partial charge on any atom is 0.307 e. The van der Waals surface area contributed by atoms with Gasteiger partial charge in [-0.25, -0.2) is 9.07 Å². The average Bonchev–Trinajstić information content (AvgIpc) is 3.32. The van der Waals surface area contributed by atoms with Crippen LogP contribution in [0.15, 0.2) is 54.9 Å². The molecule has 29 heavy (non-hydrogen) atoms. The molecule has 0 fully saturated rings. The molecule has 1 N–H and O–H groups in total. The number of aromatic nitrogens is 4. The van der Waals surface area contributed by atoms with Gasteiger partial charge in [0.2, 0.25) is 0 Å². The zero-order valence-corrected chi connectivity index (χ0v) is 15.6. The van der Waals surface area contributed by atoms with Crippen molar-refractivity contribution in [3.05, 3.63) is 77.5 Å². The molecular formula is C22H19FN4O2. The van der Waals surface area contributed by atoms with Crippen molar-refractivity contribution in [1.82, 2.24) is 19.4 Å². The summed E-state index contributed by atoms with van der Waals surface area (Å²) in [7, 11) is 0. The monoisotopic (exact) mass is 390 g/mol. The molecule has 1 aromatic carbocycles. The summed E-state index contributed by atoms with van der Waals surface area (Å²) in [6.07, 6.45) is 6.08. The number of hydrogen-bond acceptors (Lipinski definition) is 3. The fraction of sp³-hybridized carbons (Fsp3) is 0.227. The van der Waals surface area contributed by atoms with Crippen molar-refractivity contribution in [2.24, 2.45) is 0 Å². The van der Waals surface area contributed by atoms with Crippen molar-refractivity contribution in [1.29, 1.82) is 0 Å². The highest BCUT2D eigenvalue weighted by Gasteiger charge is 2.29. The molecule has 0 saturated heterocycles. The second kappa shape index (κ2) is 6.84. The van der Waals surface area contributed by atoms with Crippen LogP contribution in [0.1, 0.15) is 29.3 Å². The number of hydrogen-bond donors (Lipinski definition) is 1. The molecule has 3 heterocycles. The molecule has 1 aliphatic carbocycles. The van der Waals surface area contributed by atoms with Crippen LogP contribution in [0.25, 0.3) is 16.8 Å². The molecule has 1 atom stereocenters. The number of aliphatic carboxylic acids is 1. The number of fused-ring (bicyclic) bond motifs is 3. The van der Waals surface area contributed by atoms with Gasteiger partial charge in [0, 0.05) is 29.4 Å². The van der Waals surface area contributed by atoms with E-state index in [2.05, 4.69) is 14.7 Å². The molecule has 0 radical (unpaired) electrons. The van der Waals surface area contributed by atoms with Crippen LogP contribution in [0.3, 0.4) is 0 Å². The third-order valence-corrected chi connectivity index (χ3v) is 5.72. The number of nitrogens with zero attached hydrogens (tertiary/aromatic N) is 4. The first-order valence-electron chi connectivity index (χ1n) is 9.59. The van der Waals surface area contributed by atoms with E-state index < -0.39 is 5.97 Å². The Morgan fingerprint density at radius 1 is 1.21 bits per heavy atom. The van der Waals surface area contributed by atoms with Crippen LogP contribution >= 0.6 is 0 Å². The highest BCUT2D eigenvalue weighted by molar-refractivity contribution is 5.77. The van der Waals surface area contributed by atoms with Crippen molar-refractivity contribution in [2.45, 2.75) is 31.7 Å². The Morgan fingerprint density at radius 2 is 2.03 bits per heavy atom. The third kappa shape index (κ3) is 2.99. The lowest BCUT2D eigenvalue weighted by Gasteiger charge is -2.25. The average molecular weight is 390 g/mol. The number of pyridine rings is 1. The second-order valence-electron chi connectivity index (χ2n) is 7.40. The van der Waals surface area contributed by atoms with Gasteiger partial charge in [-0.15, -0.1) is 5.10 Å². The van der Waals surface area contributed by atoms with E-state index in [0.29, 0.717) is 0 Å². The van der Waals surface area contributed by atoms with Crippen LogP contribution < -0.4 is 0 Å². The largest absolute Gasteiger partial charge is 0.481 e. The molecule has 1 aliphatic rings. The van der Waals surface area contributed by atoms with Crippen molar-refractivity contribution in [2.75, 3.05) is 0 Å². The maximum absolute atomic E-state index is 13.3. The van der Waals surface area contributed by atoms with Crippen molar-refractivity contribution in [3.8, 4) is 11.3 Å². The standard InChI is InChI=1S/C22H19FN4O2/c23-15-6-4-14(5-7-15)21-13-24-25-27(21)16-8-9-17-18(12-22(28)29)19-3-1-2-10-26(19)20(17)11-16/h1-7,10,13,16H,8-9,11-12H2,(H,28,29). The summed E-state index contributed by atoms with van der Waals surface area (Å²) in [6, 6.07) is 12.3. The predicted molar refractivity (Wildman–Crippen MR) is 105 cm³/mol. The van der Waals surface area contributed by atoms with Crippen LogP contribution in [0.2, 0.25) is 0 Å². The molecule has 4 aromatic rings. The van der Waals surface area contributed by atoms with Crippen LogP contribution in [0.4, 0.5) is 4.39 Å². The van der Waals surface area contributed by atoms with Gasteiger partial charge in [-0.05, 0) is 60.4 Å². The van der Waals surface area contributed by atoms with E-state index in [9.17, 15) is 14.3 Å². The first kappa shape index (κ1) is 17.6. The summed E-state index contributed by atoms with van der Waals surface area (Å²) >= 11 is 0. The zero-order chi connectivity index (χ0) is 20.0. The van der Waals surface area contributed by atoms with Gasteiger partial charge in [-0.3, -0.25) is 4.79 Å². The van der Waals surface area contributed by atoms with Crippen molar-refractivity contribution >= 4 is 11.5 Å². The SMILES string of the molecule is O=C(O)Cc1c2c(n3ccccc13)CC(n1nncc1-c1ccc(F)cc1)CC2. The molecule has 0 saturated carbocycles. The van der Waals surface area contributed by atoms with E-state index in [1.807, 2.05) is 29.1 Å². The summed E-state index contributed by atoms with van der Waals surface area (Å²) in [5.41, 5.74) is 5.85. The summed E-state index contributed by atoms with van der Waals surface area (Å²) < 4.78 is 17.3. The Hall–Kier alpha value is -3.48. The topological polar surface area (TPSA) is 72.4 Å². The Balaban J connectivity index is 1.55. The molecular weight excluding hydrogens is 371 g/mol. The van der Waals surface area contributed by atoms with Gasteiger partial charge in [0.15, 0.2) is 0 Å². The van der Waals surface area contributed by atoms with Crippen molar-refractivity contribution in [3.63, 3.8) is 0 Å². The normalized spacial score (nSPS) is 16.1. The Morgan fingerprint density at radius 3 is 2.83 bits per heavy atom. The summed E-state index contributed by atoms with van der Waals surface area (Å²) in [6.45, 7) is 0. The number of carbonyl (C=O) groups is 1. The van der Waals surface area contributed by atoms with E-state index in [0.717, 1.165) is 52.9 Å². The number of rotatable bonds is 4. The van der Waals surface area contributed by atoms with E-state index in [4.69, 9.17) is 0 Å². The second-order valence-corrected chi connectivity index (χ2v) is 7.40. The van der Waals surface area contributed by atoms with E-state index >= 15 is 0 Å². The fourth-order valence-corrected chi connectivity index (χ4v) is 4.45. The van der Waals surface area contributed by atoms with E-state index in [1.54, 1.807) is 18.3 Å². The van der Waals surface area contributed by atoms with Crippen molar-refractivity contribution < 1.29 is 14.3 Å². The van der Waals surface area contributed by atoms with Crippen LogP contribution in [-0.2, 0) is 24.1 Å². The highest BCUT2D eigenvalue weighted by Crippen LogP contribution is 2.36. The van der Waals surface area contributed by atoms with E-state index in [-0.39, 0.29) is 18.3 Å². The number of carboxylic acid groups (broad SMARTS) is 1. The minimum Gasteiger partial charge on any atom is -0.481 e. The zero-order valence-electron chi connectivity index (χ0n) is 15.6. The molecule has 3 aromatic heterocycles. The van der Waals surface area contributed by atoms with Gasteiger partial charge in [0.1, 0.15) is 5.82 Å². The van der Waals surface area contributed by atoms with Gasteiger partial charge in [0.25, 0.3) is 0 Å². The number of benzene rings is 1. The first-order chi connectivity index (χ1) is 14.1. The van der Waals surface area contributed by atoms with Gasteiger partial charge in [-0.1, -0.05) is 11.3 Å². The maximum atomic E-state index is 13.3. The lowest BCUT2D eigenvalue weighted by molar-refractivity contribution is -0.136. The smallest absolute Gasteiger partial charge is 0.307 e. The molecule has 0 spiro atoms. The lowest BCUT2D eigenvalue weighted by atomic mass is 9.90. The molecule has 7 heteroatoms. The van der Waals surface area contributed by atoms with Gasteiger partial charge >= 0.3 is 5.97 Å². The highest BCUT2D eigenvalue weighted by atomic mass is 19.1. The third-order valence-electron chi connectivity index (χ3n) is 5.72. The molecule has 0 amide bonds. The quantitative estimate of drug-likeness (QED) is 0.577. The van der Waals surface area contributed by atoms with Gasteiger partial charge in [-0.2, -0.15) is 0 Å². The minimum absolute atomic E-state index is 0.0255. The Labute approximate surface area is 166 Å². The number of carboxylic acids is 1.